The van der Waals surface area contributed by atoms with Crippen molar-refractivity contribution in [1.29, 1.82) is 0 Å². The zero-order chi connectivity index (χ0) is 14.7. The Bertz CT molecular complexity index is 504. The molecule has 3 heteroatoms. The van der Waals surface area contributed by atoms with Gasteiger partial charge < -0.3 is 9.64 Å². The minimum Gasteiger partial charge on any atom is -0.486 e. The molecule has 0 radical (unpaired) electrons. The Kier molecular flexibility index (Phi) is 5.94. The number of fused-ring (bicyclic) bond motifs is 1. The van der Waals surface area contributed by atoms with Gasteiger partial charge in [-0.2, -0.15) is 0 Å². The fraction of sp³-hybridized carbons (Fsp3) is 0.579. The first kappa shape index (κ1) is 17.4. The van der Waals surface area contributed by atoms with E-state index >= 15 is 0 Å². The van der Waals surface area contributed by atoms with Crippen LogP contribution in [0.3, 0.4) is 0 Å². The van der Waals surface area contributed by atoms with Crippen molar-refractivity contribution in [2.24, 2.45) is 0 Å². The maximum atomic E-state index is 6.52. The quantitative estimate of drug-likeness (QED) is 0.742. The van der Waals surface area contributed by atoms with Gasteiger partial charge in [0.25, 0.3) is 0 Å². The predicted octanol–water partition coefficient (Wildman–Crippen LogP) is 4.80. The van der Waals surface area contributed by atoms with Crippen molar-refractivity contribution < 1.29 is 4.74 Å². The van der Waals surface area contributed by atoms with Gasteiger partial charge in [-0.1, -0.05) is 43.2 Å². The van der Waals surface area contributed by atoms with Crippen molar-refractivity contribution in [2.45, 2.75) is 50.0 Å². The van der Waals surface area contributed by atoms with Crippen LogP contribution < -0.4 is 4.74 Å². The summed E-state index contributed by atoms with van der Waals surface area (Å²) in [6, 6.07) is 8.63. The van der Waals surface area contributed by atoms with Gasteiger partial charge in [-0.3, -0.25) is 0 Å². The molecular formula is C19H28ClNO. The van der Waals surface area contributed by atoms with Gasteiger partial charge in [0.15, 0.2) is 0 Å². The Morgan fingerprint density at radius 3 is 2.50 bits per heavy atom. The largest absolute Gasteiger partial charge is 0.486 e. The van der Waals surface area contributed by atoms with E-state index in [1.807, 2.05) is 0 Å². The van der Waals surface area contributed by atoms with E-state index in [2.05, 4.69) is 55.4 Å². The minimum atomic E-state index is 0. The molecule has 2 nitrogen and oxygen atoms in total. The average Bonchev–Trinajstić information content (AvgIpc) is 2.60. The maximum absolute atomic E-state index is 6.52. The fourth-order valence-electron chi connectivity index (χ4n) is 3.82. The van der Waals surface area contributed by atoms with Gasteiger partial charge in [0.1, 0.15) is 11.4 Å². The topological polar surface area (TPSA) is 12.5 Å². The fourth-order valence-corrected chi connectivity index (χ4v) is 3.82. The van der Waals surface area contributed by atoms with Crippen molar-refractivity contribution in [1.82, 2.24) is 4.90 Å². The summed E-state index contributed by atoms with van der Waals surface area (Å²) in [5.41, 5.74) is 1.40. The third kappa shape index (κ3) is 3.49. The molecule has 0 N–H and O–H groups in total. The molecule has 0 saturated heterocycles. The lowest BCUT2D eigenvalue weighted by atomic mass is 9.79. The number of halogens is 1. The van der Waals surface area contributed by atoms with Crippen LogP contribution in [0, 0.1) is 0 Å². The number of likely N-dealkylation sites (N-methyl/N-ethyl adjacent to an activating group) is 1. The molecule has 1 saturated carbocycles. The molecule has 2 aliphatic rings. The van der Waals surface area contributed by atoms with Crippen LogP contribution in [0.15, 0.2) is 36.4 Å². The highest BCUT2D eigenvalue weighted by atomic mass is 35.5. The van der Waals surface area contributed by atoms with Gasteiger partial charge in [-0.25, -0.2) is 0 Å². The highest BCUT2D eigenvalue weighted by Gasteiger charge is 2.46. The van der Waals surface area contributed by atoms with Crippen LogP contribution in [0.2, 0.25) is 0 Å². The number of para-hydroxylation sites is 1. The van der Waals surface area contributed by atoms with Crippen molar-refractivity contribution in [2.75, 3.05) is 20.6 Å². The van der Waals surface area contributed by atoms with Gasteiger partial charge in [-0.05, 0) is 45.8 Å². The number of rotatable bonds is 3. The summed E-state index contributed by atoms with van der Waals surface area (Å²) in [6.45, 7) is 0.995. The smallest absolute Gasteiger partial charge is 0.124 e. The molecule has 1 fully saturated rings. The third-order valence-corrected chi connectivity index (χ3v) is 4.88. The molecule has 1 aliphatic heterocycles. The van der Waals surface area contributed by atoms with Crippen LogP contribution in [0.25, 0.3) is 0 Å². The normalized spacial score (nSPS) is 23.1. The summed E-state index contributed by atoms with van der Waals surface area (Å²) in [6.07, 6.45) is 12.4. The molecule has 122 valence electrons. The van der Waals surface area contributed by atoms with Gasteiger partial charge in [0, 0.05) is 18.0 Å². The standard InChI is InChI=1S/C19H27NO.ClH/c1-20(2)15-9-11-17-16-10-5-6-12-18(16)21-19(17)13-7-3-4-8-14-19;/h5-6,9-12,17H,3-4,7-8,13-15H2,1-2H3;1H. The van der Waals surface area contributed by atoms with Crippen molar-refractivity contribution >= 4 is 12.4 Å². The average molecular weight is 322 g/mol. The zero-order valence-electron chi connectivity index (χ0n) is 13.8. The van der Waals surface area contributed by atoms with Gasteiger partial charge in [-0.15, -0.1) is 12.4 Å². The van der Waals surface area contributed by atoms with E-state index in [9.17, 15) is 0 Å². The summed E-state index contributed by atoms with van der Waals surface area (Å²) in [5, 5.41) is 0. The second kappa shape index (κ2) is 7.52. The zero-order valence-corrected chi connectivity index (χ0v) is 14.6. The molecule has 1 aromatic rings. The first-order valence-corrected chi connectivity index (χ1v) is 8.31. The number of ether oxygens (including phenoxy) is 1. The molecule has 0 bridgehead atoms. The van der Waals surface area contributed by atoms with E-state index in [4.69, 9.17) is 4.74 Å². The van der Waals surface area contributed by atoms with E-state index in [1.165, 1.54) is 44.1 Å². The predicted molar refractivity (Wildman–Crippen MR) is 95.2 cm³/mol. The van der Waals surface area contributed by atoms with Crippen LogP contribution in [0.1, 0.15) is 50.0 Å². The van der Waals surface area contributed by atoms with Crippen LogP contribution >= 0.6 is 12.4 Å². The lowest BCUT2D eigenvalue weighted by Gasteiger charge is -2.32. The first-order chi connectivity index (χ1) is 10.2. The number of hydrogen-bond donors (Lipinski definition) is 0. The Morgan fingerprint density at radius 2 is 1.82 bits per heavy atom. The van der Waals surface area contributed by atoms with Crippen LogP contribution in [0.4, 0.5) is 0 Å². The van der Waals surface area contributed by atoms with Gasteiger partial charge in [0.2, 0.25) is 0 Å². The van der Waals surface area contributed by atoms with Crippen LogP contribution in [-0.2, 0) is 0 Å². The van der Waals surface area contributed by atoms with Gasteiger partial charge >= 0.3 is 0 Å². The highest BCUT2D eigenvalue weighted by Crippen LogP contribution is 2.51. The molecule has 1 unspecified atom stereocenters. The monoisotopic (exact) mass is 321 g/mol. The molecule has 1 aromatic carbocycles. The molecular weight excluding hydrogens is 294 g/mol. The molecule has 1 atom stereocenters. The summed E-state index contributed by atoms with van der Waals surface area (Å²) >= 11 is 0. The number of hydrogen-bond acceptors (Lipinski definition) is 2. The summed E-state index contributed by atoms with van der Waals surface area (Å²) < 4.78 is 6.52. The van der Waals surface area contributed by atoms with Crippen LogP contribution in [-0.4, -0.2) is 31.1 Å². The molecule has 1 spiro atoms. The molecule has 0 amide bonds. The second-order valence-corrected chi connectivity index (χ2v) is 6.79. The molecule has 3 rings (SSSR count). The van der Waals surface area contributed by atoms with E-state index in [0.29, 0.717) is 5.92 Å². The second-order valence-electron chi connectivity index (χ2n) is 6.79. The molecule has 22 heavy (non-hydrogen) atoms. The number of benzene rings is 1. The highest BCUT2D eigenvalue weighted by molar-refractivity contribution is 5.85. The van der Waals surface area contributed by atoms with E-state index < -0.39 is 0 Å². The summed E-state index contributed by atoms with van der Waals surface area (Å²) in [7, 11) is 4.23. The van der Waals surface area contributed by atoms with Crippen molar-refractivity contribution in [3.05, 3.63) is 42.0 Å². The molecule has 1 aliphatic carbocycles. The minimum absolute atomic E-state index is 0. The lowest BCUT2D eigenvalue weighted by molar-refractivity contribution is 0.0640. The van der Waals surface area contributed by atoms with E-state index in [1.54, 1.807) is 0 Å². The van der Waals surface area contributed by atoms with Gasteiger partial charge in [0.05, 0.1) is 0 Å². The van der Waals surface area contributed by atoms with E-state index in [-0.39, 0.29) is 18.0 Å². The Hall–Kier alpha value is -0.990. The summed E-state index contributed by atoms with van der Waals surface area (Å²) in [4.78, 5) is 2.21. The SMILES string of the molecule is CN(C)CC=CC1c2ccccc2OC12CCCCCC2.Cl. The Morgan fingerprint density at radius 1 is 1.14 bits per heavy atom. The van der Waals surface area contributed by atoms with Crippen molar-refractivity contribution in [3.8, 4) is 5.75 Å². The lowest BCUT2D eigenvalue weighted by Crippen LogP contribution is -2.36. The summed E-state index contributed by atoms with van der Waals surface area (Å²) in [5.74, 6) is 1.53. The van der Waals surface area contributed by atoms with Crippen LogP contribution in [0.5, 0.6) is 5.75 Å². The molecule has 1 heterocycles. The maximum Gasteiger partial charge on any atom is 0.124 e. The van der Waals surface area contributed by atoms with Crippen molar-refractivity contribution in [3.63, 3.8) is 0 Å². The molecule has 0 aromatic heterocycles. The van der Waals surface area contributed by atoms with E-state index in [0.717, 1.165) is 12.3 Å². The third-order valence-electron chi connectivity index (χ3n) is 4.88. The number of nitrogens with zero attached hydrogens (tertiary/aromatic N) is 1. The Balaban J connectivity index is 0.00000176. The Labute approximate surface area is 141 Å². The first-order valence-electron chi connectivity index (χ1n) is 8.31.